The van der Waals surface area contributed by atoms with Gasteiger partial charge in [0.2, 0.25) is 0 Å². The fourth-order valence-electron chi connectivity index (χ4n) is 3.67. The first-order valence-corrected chi connectivity index (χ1v) is 12.3. The van der Waals surface area contributed by atoms with Gasteiger partial charge in [-0.25, -0.2) is 17.9 Å². The van der Waals surface area contributed by atoms with Crippen LogP contribution in [0.4, 0.5) is 0 Å². The van der Waals surface area contributed by atoms with E-state index >= 15 is 0 Å². The zero-order valence-corrected chi connectivity index (χ0v) is 19.7. The lowest BCUT2D eigenvalue weighted by Gasteiger charge is -2.12. The van der Waals surface area contributed by atoms with Crippen molar-refractivity contribution in [3.8, 4) is 17.1 Å². The first-order valence-electron chi connectivity index (χ1n) is 10.6. The summed E-state index contributed by atoms with van der Waals surface area (Å²) in [5.41, 5.74) is 1.55. The third-order valence-electron chi connectivity index (χ3n) is 5.09. The summed E-state index contributed by atoms with van der Waals surface area (Å²) in [6.07, 6.45) is 1.48. The number of hydrogen-bond donors (Lipinski definition) is 1. The van der Waals surface area contributed by atoms with E-state index in [1.54, 1.807) is 26.0 Å². The van der Waals surface area contributed by atoms with Crippen LogP contribution in [0.2, 0.25) is 0 Å². The number of aromatic nitrogens is 5. The molecular formula is C22H25N5O5S. The number of aromatic amines is 1. The number of nitrogens with one attached hydrogen (secondary N) is 1. The summed E-state index contributed by atoms with van der Waals surface area (Å²) in [7, 11) is -3.76. The molecule has 3 aromatic heterocycles. The van der Waals surface area contributed by atoms with Crippen LogP contribution in [-0.4, -0.2) is 39.8 Å². The lowest BCUT2D eigenvalue weighted by Crippen LogP contribution is -2.16. The highest BCUT2D eigenvalue weighted by Gasteiger charge is 2.22. The third kappa shape index (κ3) is 4.40. The maximum Gasteiger partial charge on any atom is 0.277 e. The zero-order chi connectivity index (χ0) is 23.8. The smallest absolute Gasteiger partial charge is 0.277 e. The second-order valence-corrected chi connectivity index (χ2v) is 9.70. The maximum atomic E-state index is 13.0. The van der Waals surface area contributed by atoms with Gasteiger partial charge in [0.05, 0.1) is 28.5 Å². The number of aryl methyl sites for hydroxylation is 3. The van der Waals surface area contributed by atoms with Gasteiger partial charge < -0.3 is 14.2 Å². The summed E-state index contributed by atoms with van der Waals surface area (Å²) in [5.74, 6) is 1.17. The van der Waals surface area contributed by atoms with Gasteiger partial charge in [-0.2, -0.15) is 0 Å². The number of H-pyrrole nitrogens is 1. The molecule has 0 aliphatic rings. The van der Waals surface area contributed by atoms with Crippen molar-refractivity contribution in [2.45, 2.75) is 51.2 Å². The molecule has 0 fully saturated rings. The summed E-state index contributed by atoms with van der Waals surface area (Å²) in [6.45, 7) is 7.67. The fourth-order valence-corrected chi connectivity index (χ4v) is 4.92. The quantitative estimate of drug-likeness (QED) is 0.415. The van der Waals surface area contributed by atoms with Crippen molar-refractivity contribution in [2.24, 2.45) is 0 Å². The number of nitrogens with zero attached hydrogens (tertiary/aromatic N) is 4. The Morgan fingerprint density at radius 2 is 1.97 bits per heavy atom. The Morgan fingerprint density at radius 1 is 1.18 bits per heavy atom. The Labute approximate surface area is 190 Å². The molecule has 1 aromatic carbocycles. The first-order chi connectivity index (χ1) is 15.7. The van der Waals surface area contributed by atoms with E-state index in [-0.39, 0.29) is 27.8 Å². The Balaban J connectivity index is 1.86. The fraction of sp³-hybridized carbons (Fsp3) is 0.364. The molecule has 0 saturated carbocycles. The summed E-state index contributed by atoms with van der Waals surface area (Å²) in [4.78, 5) is 20.2. The normalized spacial score (nSPS) is 11.9. The van der Waals surface area contributed by atoms with Gasteiger partial charge in [-0.15, -0.1) is 5.10 Å². The van der Waals surface area contributed by atoms with Crippen molar-refractivity contribution in [1.82, 2.24) is 24.7 Å². The number of imidazole rings is 1. The number of hydrogen-bond acceptors (Lipinski definition) is 8. The molecule has 10 nitrogen and oxygen atoms in total. The standard InChI is InChI=1S/C22H25N5O5S/c1-5-7-19-23-14(4)20-22(28)24-21(25-27(19)20)17-11-16(8-9-18(17)31-6-2)33(29,30)12-15-10-13(3)26-32-15/h8-11H,5-7,12H2,1-4H3,(H,24,25,28). The maximum absolute atomic E-state index is 13.0. The van der Waals surface area contributed by atoms with Crippen molar-refractivity contribution in [3.63, 3.8) is 0 Å². The number of benzene rings is 1. The van der Waals surface area contributed by atoms with Crippen molar-refractivity contribution < 1.29 is 17.7 Å². The predicted molar refractivity (Wildman–Crippen MR) is 121 cm³/mol. The third-order valence-corrected chi connectivity index (χ3v) is 6.73. The predicted octanol–water partition coefficient (Wildman–Crippen LogP) is 3.01. The molecule has 0 amide bonds. The van der Waals surface area contributed by atoms with Gasteiger partial charge in [0.25, 0.3) is 5.56 Å². The highest BCUT2D eigenvalue weighted by atomic mass is 32.2. The van der Waals surface area contributed by atoms with Gasteiger partial charge in [-0.05, 0) is 45.4 Å². The molecule has 0 aliphatic carbocycles. The summed E-state index contributed by atoms with van der Waals surface area (Å²) in [5, 5.41) is 8.34. The molecule has 3 heterocycles. The minimum Gasteiger partial charge on any atom is -0.493 e. The Morgan fingerprint density at radius 3 is 2.64 bits per heavy atom. The Kier molecular flexibility index (Phi) is 6.07. The average Bonchev–Trinajstić information content (AvgIpc) is 3.30. The zero-order valence-electron chi connectivity index (χ0n) is 18.9. The number of ether oxygens (including phenoxy) is 1. The van der Waals surface area contributed by atoms with Gasteiger partial charge in [0.15, 0.2) is 26.9 Å². The monoisotopic (exact) mass is 471 g/mol. The van der Waals surface area contributed by atoms with Crippen LogP contribution in [0, 0.1) is 13.8 Å². The van der Waals surface area contributed by atoms with Crippen LogP contribution in [0.3, 0.4) is 0 Å². The molecule has 1 N–H and O–H groups in total. The van der Waals surface area contributed by atoms with Crippen molar-refractivity contribution in [2.75, 3.05) is 6.61 Å². The van der Waals surface area contributed by atoms with E-state index in [1.165, 1.54) is 16.6 Å². The van der Waals surface area contributed by atoms with Crippen LogP contribution in [0.25, 0.3) is 16.9 Å². The lowest BCUT2D eigenvalue weighted by molar-refractivity contribution is 0.341. The largest absolute Gasteiger partial charge is 0.493 e. The Bertz CT molecular complexity index is 1480. The highest BCUT2D eigenvalue weighted by molar-refractivity contribution is 7.90. The molecule has 0 bridgehead atoms. The molecule has 0 atom stereocenters. The minimum atomic E-state index is -3.76. The Hall–Kier alpha value is -3.47. The first kappa shape index (κ1) is 22.7. The molecule has 0 aliphatic heterocycles. The van der Waals surface area contributed by atoms with Gasteiger partial charge in [-0.3, -0.25) is 4.79 Å². The van der Waals surface area contributed by atoms with E-state index in [2.05, 4.69) is 20.2 Å². The molecule has 0 saturated heterocycles. The SMILES string of the molecule is CCCc1nc(C)c2c(=O)[nH]c(-c3cc(S(=O)(=O)Cc4cc(C)no4)ccc3OCC)nn12. The summed E-state index contributed by atoms with van der Waals surface area (Å²) in [6, 6.07) is 6.06. The molecule has 174 valence electrons. The van der Waals surface area contributed by atoms with Crippen LogP contribution in [0.5, 0.6) is 5.75 Å². The summed E-state index contributed by atoms with van der Waals surface area (Å²) < 4.78 is 38.4. The number of sulfone groups is 1. The molecule has 11 heteroatoms. The van der Waals surface area contributed by atoms with Crippen LogP contribution in [0.1, 0.15) is 43.2 Å². The number of rotatable bonds is 8. The van der Waals surface area contributed by atoms with Crippen molar-refractivity contribution >= 4 is 15.4 Å². The van der Waals surface area contributed by atoms with E-state index in [9.17, 15) is 13.2 Å². The molecule has 0 unspecified atom stereocenters. The number of fused-ring (bicyclic) bond motifs is 1. The van der Waals surface area contributed by atoms with E-state index < -0.39 is 9.84 Å². The van der Waals surface area contributed by atoms with Gasteiger partial charge in [-0.1, -0.05) is 12.1 Å². The van der Waals surface area contributed by atoms with Crippen molar-refractivity contribution in [1.29, 1.82) is 0 Å². The minimum absolute atomic E-state index is 0.0494. The van der Waals surface area contributed by atoms with Crippen molar-refractivity contribution in [3.05, 3.63) is 57.6 Å². The topological polar surface area (TPSA) is 132 Å². The van der Waals surface area contributed by atoms with E-state index in [1.807, 2.05) is 13.8 Å². The van der Waals surface area contributed by atoms with E-state index in [0.29, 0.717) is 47.1 Å². The van der Waals surface area contributed by atoms with Gasteiger partial charge >= 0.3 is 0 Å². The van der Waals surface area contributed by atoms with E-state index in [0.717, 1.165) is 6.42 Å². The average molecular weight is 472 g/mol. The molecule has 4 aromatic rings. The molecular weight excluding hydrogens is 446 g/mol. The second kappa shape index (κ2) is 8.81. The lowest BCUT2D eigenvalue weighted by atomic mass is 10.2. The molecule has 33 heavy (non-hydrogen) atoms. The van der Waals surface area contributed by atoms with E-state index in [4.69, 9.17) is 9.26 Å². The molecule has 0 radical (unpaired) electrons. The molecule has 0 spiro atoms. The van der Waals surface area contributed by atoms with Crippen LogP contribution >= 0.6 is 0 Å². The highest BCUT2D eigenvalue weighted by Crippen LogP contribution is 2.31. The van der Waals surface area contributed by atoms with Crippen LogP contribution < -0.4 is 10.3 Å². The van der Waals surface area contributed by atoms with Gasteiger partial charge in [0.1, 0.15) is 17.3 Å². The van der Waals surface area contributed by atoms with Crippen LogP contribution in [0.15, 0.2) is 38.5 Å². The van der Waals surface area contributed by atoms with Crippen LogP contribution in [-0.2, 0) is 22.0 Å². The summed E-state index contributed by atoms with van der Waals surface area (Å²) >= 11 is 0. The van der Waals surface area contributed by atoms with Gasteiger partial charge in [0, 0.05) is 12.5 Å². The second-order valence-electron chi connectivity index (χ2n) is 7.71. The molecule has 4 rings (SSSR count).